The molecule has 0 radical (unpaired) electrons. The largest absolute Gasteiger partial charge is 0.354 e. The fourth-order valence-electron chi connectivity index (χ4n) is 2.70. The maximum absolute atomic E-state index is 8.36. The van der Waals surface area contributed by atoms with E-state index in [1.807, 2.05) is 6.34 Å². The highest BCUT2D eigenvalue weighted by atomic mass is 15.2. The van der Waals surface area contributed by atoms with Crippen molar-refractivity contribution in [3.05, 3.63) is 58.5 Å². The number of fused-ring (bicyclic) bond motifs is 1. The van der Waals surface area contributed by atoms with Crippen LogP contribution in [0.2, 0.25) is 0 Å². The molecule has 0 amide bonds. The molecule has 0 spiro atoms. The Balaban J connectivity index is 1.71. The SMILES string of the molecule is [N-]=[N+]=NCCC1CN=CN1Cc1ccc2ccccc2c1. The van der Waals surface area contributed by atoms with E-state index in [1.54, 1.807) is 0 Å². The fraction of sp³-hybridized carbons (Fsp3) is 0.312. The van der Waals surface area contributed by atoms with Gasteiger partial charge in [-0.3, -0.25) is 4.99 Å². The number of azide groups is 1. The molecule has 21 heavy (non-hydrogen) atoms. The molecule has 2 aromatic carbocycles. The standard InChI is InChI=1S/C16H17N5/c17-20-19-8-7-16-10-18-12-21(16)11-13-5-6-14-3-1-2-4-15(14)9-13/h1-6,9,12,16H,7-8,10-11H2. The van der Waals surface area contributed by atoms with Crippen LogP contribution in [-0.2, 0) is 6.54 Å². The van der Waals surface area contributed by atoms with Gasteiger partial charge in [0.25, 0.3) is 0 Å². The van der Waals surface area contributed by atoms with Crippen LogP contribution in [0, 0.1) is 0 Å². The highest BCUT2D eigenvalue weighted by molar-refractivity contribution is 5.83. The van der Waals surface area contributed by atoms with Gasteiger partial charge in [0.15, 0.2) is 0 Å². The topological polar surface area (TPSA) is 64.4 Å². The number of rotatable bonds is 5. The average Bonchev–Trinajstić information content (AvgIpc) is 2.95. The number of benzene rings is 2. The first kappa shape index (κ1) is 13.5. The van der Waals surface area contributed by atoms with Crippen LogP contribution in [0.25, 0.3) is 21.2 Å². The maximum Gasteiger partial charge on any atom is 0.0856 e. The third kappa shape index (κ3) is 3.15. The van der Waals surface area contributed by atoms with Gasteiger partial charge in [0, 0.05) is 24.0 Å². The molecule has 1 aliphatic heterocycles. The Kier molecular flexibility index (Phi) is 4.03. The predicted molar refractivity (Wildman–Crippen MR) is 85.3 cm³/mol. The van der Waals surface area contributed by atoms with Gasteiger partial charge in [-0.2, -0.15) is 0 Å². The van der Waals surface area contributed by atoms with Gasteiger partial charge in [0.1, 0.15) is 0 Å². The molecule has 1 atom stereocenters. The minimum atomic E-state index is 0.335. The predicted octanol–water partition coefficient (Wildman–Crippen LogP) is 3.75. The van der Waals surface area contributed by atoms with Crippen molar-refractivity contribution in [2.75, 3.05) is 13.1 Å². The molecule has 0 aliphatic carbocycles. The molecule has 5 nitrogen and oxygen atoms in total. The fourth-order valence-corrected chi connectivity index (χ4v) is 2.70. The van der Waals surface area contributed by atoms with Crippen LogP contribution in [0.1, 0.15) is 12.0 Å². The molecule has 0 bridgehead atoms. The first-order chi connectivity index (χ1) is 10.4. The zero-order valence-corrected chi connectivity index (χ0v) is 11.8. The monoisotopic (exact) mass is 279 g/mol. The molecular formula is C16H17N5. The van der Waals surface area contributed by atoms with Gasteiger partial charge >= 0.3 is 0 Å². The molecule has 1 heterocycles. The summed E-state index contributed by atoms with van der Waals surface area (Å²) in [6, 6.07) is 15.3. The second kappa shape index (κ2) is 6.29. The number of aliphatic imine (C=N–C) groups is 1. The van der Waals surface area contributed by atoms with Crippen molar-refractivity contribution in [3.8, 4) is 0 Å². The maximum atomic E-state index is 8.36. The van der Waals surface area contributed by atoms with E-state index in [1.165, 1.54) is 16.3 Å². The van der Waals surface area contributed by atoms with E-state index in [0.29, 0.717) is 12.6 Å². The van der Waals surface area contributed by atoms with Crippen molar-refractivity contribution in [2.24, 2.45) is 10.1 Å². The van der Waals surface area contributed by atoms with Crippen LogP contribution in [0.4, 0.5) is 0 Å². The van der Waals surface area contributed by atoms with Crippen molar-refractivity contribution in [1.82, 2.24) is 4.90 Å². The minimum Gasteiger partial charge on any atom is -0.354 e. The molecule has 1 aliphatic rings. The van der Waals surface area contributed by atoms with Crippen LogP contribution in [0.15, 0.2) is 52.6 Å². The van der Waals surface area contributed by atoms with Gasteiger partial charge in [-0.15, -0.1) is 0 Å². The lowest BCUT2D eigenvalue weighted by Gasteiger charge is -2.23. The Morgan fingerprint density at radius 2 is 2.10 bits per heavy atom. The van der Waals surface area contributed by atoms with Crippen LogP contribution in [0.3, 0.4) is 0 Å². The van der Waals surface area contributed by atoms with E-state index in [-0.39, 0.29) is 0 Å². The molecule has 0 aromatic heterocycles. The molecule has 2 aromatic rings. The van der Waals surface area contributed by atoms with Gasteiger partial charge in [0.05, 0.1) is 12.9 Å². The first-order valence-electron chi connectivity index (χ1n) is 7.11. The molecule has 106 valence electrons. The van der Waals surface area contributed by atoms with E-state index >= 15 is 0 Å². The van der Waals surface area contributed by atoms with Crippen molar-refractivity contribution < 1.29 is 0 Å². The summed E-state index contributed by atoms with van der Waals surface area (Å²) >= 11 is 0. The van der Waals surface area contributed by atoms with Crippen LogP contribution in [0.5, 0.6) is 0 Å². The molecular weight excluding hydrogens is 262 g/mol. The van der Waals surface area contributed by atoms with Crippen LogP contribution in [-0.4, -0.2) is 30.4 Å². The zero-order valence-electron chi connectivity index (χ0n) is 11.8. The average molecular weight is 279 g/mol. The number of hydrogen-bond acceptors (Lipinski definition) is 3. The van der Waals surface area contributed by atoms with Gasteiger partial charge in [-0.25, -0.2) is 0 Å². The summed E-state index contributed by atoms with van der Waals surface area (Å²) in [7, 11) is 0. The Labute approximate surface area is 123 Å². The van der Waals surface area contributed by atoms with Crippen molar-refractivity contribution >= 4 is 17.1 Å². The second-order valence-corrected chi connectivity index (χ2v) is 5.23. The van der Waals surface area contributed by atoms with Gasteiger partial charge in [0.2, 0.25) is 0 Å². The smallest absolute Gasteiger partial charge is 0.0856 e. The summed E-state index contributed by atoms with van der Waals surface area (Å²) in [5, 5.41) is 6.14. The number of hydrogen-bond donors (Lipinski definition) is 0. The van der Waals surface area contributed by atoms with Crippen molar-refractivity contribution in [3.63, 3.8) is 0 Å². The Morgan fingerprint density at radius 3 is 2.95 bits per heavy atom. The van der Waals surface area contributed by atoms with Crippen molar-refractivity contribution in [1.29, 1.82) is 0 Å². The van der Waals surface area contributed by atoms with Gasteiger partial charge in [-0.1, -0.05) is 41.5 Å². The molecule has 0 N–H and O–H groups in total. The highest BCUT2D eigenvalue weighted by Gasteiger charge is 2.19. The van der Waals surface area contributed by atoms with E-state index in [2.05, 4.69) is 62.4 Å². The summed E-state index contributed by atoms with van der Waals surface area (Å²) in [6.07, 6.45) is 2.76. The van der Waals surface area contributed by atoms with E-state index < -0.39 is 0 Å². The lowest BCUT2D eigenvalue weighted by atomic mass is 10.1. The van der Waals surface area contributed by atoms with Gasteiger partial charge in [-0.05, 0) is 34.4 Å². The van der Waals surface area contributed by atoms with Crippen LogP contribution >= 0.6 is 0 Å². The summed E-state index contributed by atoms with van der Waals surface area (Å²) in [5.41, 5.74) is 9.63. The van der Waals surface area contributed by atoms with Crippen molar-refractivity contribution in [2.45, 2.75) is 19.0 Å². The Hall–Kier alpha value is -2.52. The third-order valence-electron chi connectivity index (χ3n) is 3.82. The number of nitrogens with zero attached hydrogens (tertiary/aromatic N) is 5. The van der Waals surface area contributed by atoms with E-state index in [4.69, 9.17) is 5.53 Å². The Bertz CT molecular complexity index is 703. The second-order valence-electron chi connectivity index (χ2n) is 5.23. The zero-order chi connectivity index (χ0) is 14.5. The highest BCUT2D eigenvalue weighted by Crippen LogP contribution is 2.19. The molecule has 0 fully saturated rings. The summed E-state index contributed by atoms with van der Waals surface area (Å²) in [6.45, 7) is 2.16. The molecule has 0 saturated carbocycles. The van der Waals surface area contributed by atoms with Crippen LogP contribution < -0.4 is 0 Å². The Morgan fingerprint density at radius 1 is 1.24 bits per heavy atom. The van der Waals surface area contributed by atoms with E-state index in [9.17, 15) is 0 Å². The quantitative estimate of drug-likeness (QED) is 0.467. The lowest BCUT2D eigenvalue weighted by molar-refractivity contribution is 0.330. The third-order valence-corrected chi connectivity index (χ3v) is 3.82. The summed E-state index contributed by atoms with van der Waals surface area (Å²) in [4.78, 5) is 9.39. The normalized spacial score (nSPS) is 17.1. The summed E-state index contributed by atoms with van der Waals surface area (Å²) in [5.74, 6) is 0. The molecule has 3 rings (SSSR count). The minimum absolute atomic E-state index is 0.335. The first-order valence-corrected chi connectivity index (χ1v) is 7.11. The molecule has 5 heteroatoms. The lowest BCUT2D eigenvalue weighted by Crippen LogP contribution is -2.31. The molecule has 0 saturated heterocycles. The summed E-state index contributed by atoms with van der Waals surface area (Å²) < 4.78 is 0. The van der Waals surface area contributed by atoms with Gasteiger partial charge < -0.3 is 4.90 Å². The molecule has 1 unspecified atom stereocenters. The van der Waals surface area contributed by atoms with E-state index in [0.717, 1.165) is 19.5 Å².